The summed E-state index contributed by atoms with van der Waals surface area (Å²) in [5, 5.41) is 13.9. The third-order valence-electron chi connectivity index (χ3n) is 1.55. The van der Waals surface area contributed by atoms with Crippen LogP contribution in [0, 0.1) is 11.3 Å². The minimum atomic E-state index is -0.136. The van der Waals surface area contributed by atoms with Gasteiger partial charge in [0.15, 0.2) is 0 Å². The summed E-state index contributed by atoms with van der Waals surface area (Å²) >= 11 is 0. The number of anilines is 1. The number of carbonyl (C=O) groups is 1. The highest BCUT2D eigenvalue weighted by atomic mass is 16.1. The molecule has 0 fully saturated rings. The lowest BCUT2D eigenvalue weighted by molar-refractivity contribution is -0.119. The molecule has 0 bridgehead atoms. The largest absolute Gasteiger partial charge is 0.355 e. The quantitative estimate of drug-likeness (QED) is 0.716. The highest BCUT2D eigenvalue weighted by Crippen LogP contribution is 1.97. The first-order chi connectivity index (χ1) is 7.26. The van der Waals surface area contributed by atoms with Crippen molar-refractivity contribution < 1.29 is 4.79 Å². The Bertz CT molecular complexity index is 384. The highest BCUT2D eigenvalue weighted by Gasteiger charge is 2.01. The predicted molar refractivity (Wildman–Crippen MR) is 53.9 cm³/mol. The first-order valence-electron chi connectivity index (χ1n) is 4.50. The van der Waals surface area contributed by atoms with Gasteiger partial charge in [0.1, 0.15) is 11.8 Å². The molecule has 1 heterocycles. The molecule has 0 radical (unpaired) electrons. The number of nitrogens with one attached hydrogen (secondary N) is 2. The van der Waals surface area contributed by atoms with Gasteiger partial charge in [-0.3, -0.25) is 4.79 Å². The van der Waals surface area contributed by atoms with Gasteiger partial charge in [0.25, 0.3) is 0 Å². The van der Waals surface area contributed by atoms with Crippen LogP contribution in [-0.2, 0) is 4.79 Å². The fraction of sp³-hybridized carbons (Fsp3) is 0.333. The van der Waals surface area contributed by atoms with Gasteiger partial charge in [-0.15, -0.1) is 0 Å². The zero-order chi connectivity index (χ0) is 11.1. The average molecular weight is 205 g/mol. The van der Waals surface area contributed by atoms with E-state index in [0.717, 1.165) is 0 Å². The Morgan fingerprint density at radius 1 is 1.67 bits per heavy atom. The molecule has 0 spiro atoms. The summed E-state index contributed by atoms with van der Waals surface area (Å²) in [4.78, 5) is 18.8. The summed E-state index contributed by atoms with van der Waals surface area (Å²) in [6.45, 7) is 2.52. The van der Waals surface area contributed by atoms with Gasteiger partial charge in [-0.2, -0.15) is 5.26 Å². The van der Waals surface area contributed by atoms with Gasteiger partial charge < -0.3 is 10.6 Å². The van der Waals surface area contributed by atoms with Gasteiger partial charge in [0.2, 0.25) is 11.9 Å². The second kappa shape index (κ2) is 5.54. The molecule has 0 saturated carbocycles. The number of aromatic nitrogens is 2. The minimum Gasteiger partial charge on any atom is -0.355 e. The molecule has 6 nitrogen and oxygen atoms in total. The first kappa shape index (κ1) is 10.9. The van der Waals surface area contributed by atoms with Crippen molar-refractivity contribution in [2.24, 2.45) is 0 Å². The second-order valence-corrected chi connectivity index (χ2v) is 2.68. The lowest BCUT2D eigenvalue weighted by atomic mass is 10.4. The first-order valence-corrected chi connectivity index (χ1v) is 4.50. The number of nitrogens with zero attached hydrogens (tertiary/aromatic N) is 3. The summed E-state index contributed by atoms with van der Waals surface area (Å²) < 4.78 is 0. The van der Waals surface area contributed by atoms with Crippen LogP contribution in [0.15, 0.2) is 12.3 Å². The van der Waals surface area contributed by atoms with E-state index in [0.29, 0.717) is 6.54 Å². The molecule has 1 aromatic rings. The number of hydrogen-bond acceptors (Lipinski definition) is 5. The van der Waals surface area contributed by atoms with Gasteiger partial charge in [-0.05, 0) is 13.0 Å². The third-order valence-corrected chi connectivity index (χ3v) is 1.55. The van der Waals surface area contributed by atoms with E-state index in [9.17, 15) is 4.79 Å². The zero-order valence-corrected chi connectivity index (χ0v) is 8.32. The summed E-state index contributed by atoms with van der Waals surface area (Å²) in [5.74, 6) is 0.142. The van der Waals surface area contributed by atoms with E-state index >= 15 is 0 Å². The van der Waals surface area contributed by atoms with Crippen LogP contribution in [-0.4, -0.2) is 29.0 Å². The van der Waals surface area contributed by atoms with Crippen molar-refractivity contribution in [3.63, 3.8) is 0 Å². The van der Waals surface area contributed by atoms with Crippen LogP contribution >= 0.6 is 0 Å². The summed E-state index contributed by atoms with van der Waals surface area (Å²) in [6, 6.07) is 3.39. The lowest BCUT2D eigenvalue weighted by Gasteiger charge is -2.04. The molecule has 0 aliphatic carbocycles. The Hall–Kier alpha value is -2.16. The second-order valence-electron chi connectivity index (χ2n) is 2.68. The average Bonchev–Trinajstić information content (AvgIpc) is 2.27. The van der Waals surface area contributed by atoms with Crippen LogP contribution in [0.1, 0.15) is 12.6 Å². The maximum Gasteiger partial charge on any atom is 0.239 e. The molecule has 0 aliphatic rings. The van der Waals surface area contributed by atoms with Gasteiger partial charge in [-0.1, -0.05) is 0 Å². The molecule has 78 valence electrons. The highest BCUT2D eigenvalue weighted by molar-refractivity contribution is 5.80. The van der Waals surface area contributed by atoms with Crippen molar-refractivity contribution in [2.75, 3.05) is 18.4 Å². The van der Waals surface area contributed by atoms with Crippen LogP contribution in [0.3, 0.4) is 0 Å². The molecule has 1 rings (SSSR count). The van der Waals surface area contributed by atoms with Crippen molar-refractivity contribution >= 4 is 11.9 Å². The Morgan fingerprint density at radius 2 is 2.47 bits per heavy atom. The molecule has 6 heteroatoms. The van der Waals surface area contributed by atoms with E-state index in [4.69, 9.17) is 5.26 Å². The topological polar surface area (TPSA) is 90.7 Å². The molecular weight excluding hydrogens is 194 g/mol. The molecule has 0 atom stereocenters. The van der Waals surface area contributed by atoms with E-state index < -0.39 is 0 Å². The summed E-state index contributed by atoms with van der Waals surface area (Å²) in [6.07, 6.45) is 1.46. The van der Waals surface area contributed by atoms with Crippen LogP contribution in [0.5, 0.6) is 0 Å². The van der Waals surface area contributed by atoms with E-state index in [1.54, 1.807) is 0 Å². The Kier molecular flexibility index (Phi) is 4.04. The third kappa shape index (κ3) is 3.60. The van der Waals surface area contributed by atoms with Crippen LogP contribution < -0.4 is 10.6 Å². The molecule has 15 heavy (non-hydrogen) atoms. The van der Waals surface area contributed by atoms with Crippen LogP contribution in [0.2, 0.25) is 0 Å². The van der Waals surface area contributed by atoms with Gasteiger partial charge in [0.05, 0.1) is 6.54 Å². The fourth-order valence-corrected chi connectivity index (χ4v) is 0.925. The molecule has 1 amide bonds. The van der Waals surface area contributed by atoms with E-state index in [2.05, 4.69) is 20.6 Å². The van der Waals surface area contributed by atoms with Crippen molar-refractivity contribution in [1.29, 1.82) is 5.26 Å². The van der Waals surface area contributed by atoms with Crippen molar-refractivity contribution in [3.05, 3.63) is 18.0 Å². The monoisotopic (exact) mass is 205 g/mol. The predicted octanol–water partition coefficient (Wildman–Crippen LogP) is -0.104. The standard InChI is InChI=1S/C9H11N5O/c1-2-11-8(15)6-13-9-12-4-3-7(5-10)14-9/h3-4H,2,6H2,1H3,(H,11,15)(H,12,13,14). The number of likely N-dealkylation sites (N-methyl/N-ethyl adjacent to an activating group) is 1. The van der Waals surface area contributed by atoms with Crippen LogP contribution in [0.4, 0.5) is 5.95 Å². The van der Waals surface area contributed by atoms with Crippen LogP contribution in [0.25, 0.3) is 0 Å². The molecule has 1 aromatic heterocycles. The van der Waals surface area contributed by atoms with Crippen molar-refractivity contribution in [3.8, 4) is 6.07 Å². The van der Waals surface area contributed by atoms with Crippen molar-refractivity contribution in [1.82, 2.24) is 15.3 Å². The Morgan fingerprint density at radius 3 is 3.13 bits per heavy atom. The number of amides is 1. The normalized spacial score (nSPS) is 9.07. The zero-order valence-electron chi connectivity index (χ0n) is 8.32. The number of rotatable bonds is 4. The molecule has 0 unspecified atom stereocenters. The SMILES string of the molecule is CCNC(=O)CNc1nccc(C#N)n1. The molecule has 2 N–H and O–H groups in total. The van der Waals surface area contributed by atoms with E-state index in [-0.39, 0.29) is 24.1 Å². The summed E-state index contributed by atoms with van der Waals surface area (Å²) in [7, 11) is 0. The maximum atomic E-state index is 11.1. The van der Waals surface area contributed by atoms with Gasteiger partial charge in [-0.25, -0.2) is 9.97 Å². The molecule has 0 aliphatic heterocycles. The number of nitriles is 1. The lowest BCUT2D eigenvalue weighted by Crippen LogP contribution is -2.29. The summed E-state index contributed by atoms with van der Waals surface area (Å²) in [5.41, 5.74) is 0.267. The molecule has 0 aromatic carbocycles. The number of carbonyl (C=O) groups excluding carboxylic acids is 1. The molecular formula is C9H11N5O. The van der Waals surface area contributed by atoms with E-state index in [1.165, 1.54) is 12.3 Å². The maximum absolute atomic E-state index is 11.1. The smallest absolute Gasteiger partial charge is 0.239 e. The van der Waals surface area contributed by atoms with Crippen molar-refractivity contribution in [2.45, 2.75) is 6.92 Å². The van der Waals surface area contributed by atoms with E-state index in [1.807, 2.05) is 13.0 Å². The van der Waals surface area contributed by atoms with Gasteiger partial charge >= 0.3 is 0 Å². The fourth-order valence-electron chi connectivity index (χ4n) is 0.925. The molecule has 0 saturated heterocycles. The van der Waals surface area contributed by atoms with Gasteiger partial charge in [0, 0.05) is 12.7 Å². The Labute approximate surface area is 87.3 Å². The minimum absolute atomic E-state index is 0.0999. The number of hydrogen-bond donors (Lipinski definition) is 2. The Balaban J connectivity index is 2.51.